The molecule has 0 radical (unpaired) electrons. The Balaban J connectivity index is 1.95. The van der Waals surface area contributed by atoms with Crippen molar-refractivity contribution in [2.75, 3.05) is 18.9 Å². The molecule has 1 unspecified atom stereocenters. The molecule has 1 atom stereocenters. The number of aromatic nitrogens is 3. The standard InChI is InChI=1S/C12H14N4O/c13-11-7-16(10-1-4-14-5-2-10)15-12(11)9-3-6-17-8-9/h1-2,4-5,7,9H,3,6,8,13H2. The van der Waals surface area contributed by atoms with E-state index in [0.29, 0.717) is 5.92 Å². The first-order valence-electron chi connectivity index (χ1n) is 5.68. The van der Waals surface area contributed by atoms with Crippen molar-refractivity contribution < 1.29 is 4.74 Å². The molecule has 5 heteroatoms. The third kappa shape index (κ3) is 1.89. The fraction of sp³-hybridized carbons (Fsp3) is 0.333. The maximum atomic E-state index is 6.00. The van der Waals surface area contributed by atoms with Gasteiger partial charge in [-0.3, -0.25) is 4.98 Å². The van der Waals surface area contributed by atoms with Crippen LogP contribution < -0.4 is 5.73 Å². The highest BCUT2D eigenvalue weighted by atomic mass is 16.5. The van der Waals surface area contributed by atoms with Crippen molar-refractivity contribution in [3.63, 3.8) is 0 Å². The number of anilines is 1. The van der Waals surface area contributed by atoms with Gasteiger partial charge in [-0.1, -0.05) is 0 Å². The van der Waals surface area contributed by atoms with E-state index >= 15 is 0 Å². The zero-order valence-electron chi connectivity index (χ0n) is 9.41. The van der Waals surface area contributed by atoms with Crippen LogP contribution in [0.3, 0.4) is 0 Å². The highest BCUT2D eigenvalue weighted by Gasteiger charge is 2.23. The van der Waals surface area contributed by atoms with Crippen LogP contribution >= 0.6 is 0 Å². The minimum absolute atomic E-state index is 0.332. The lowest BCUT2D eigenvalue weighted by atomic mass is 10.0. The molecule has 0 spiro atoms. The van der Waals surface area contributed by atoms with Crippen molar-refractivity contribution in [1.82, 2.24) is 14.8 Å². The second-order valence-corrected chi connectivity index (χ2v) is 4.18. The summed E-state index contributed by atoms with van der Waals surface area (Å²) in [6.07, 6.45) is 6.33. The molecule has 17 heavy (non-hydrogen) atoms. The van der Waals surface area contributed by atoms with Crippen LogP contribution in [0.25, 0.3) is 5.69 Å². The number of pyridine rings is 1. The van der Waals surface area contributed by atoms with Gasteiger partial charge in [-0.15, -0.1) is 0 Å². The molecule has 0 saturated carbocycles. The molecule has 0 aliphatic carbocycles. The number of nitrogens with two attached hydrogens (primary N) is 1. The average molecular weight is 230 g/mol. The Labute approximate surface area is 99.2 Å². The van der Waals surface area contributed by atoms with Crippen LogP contribution in [0.15, 0.2) is 30.7 Å². The molecule has 3 rings (SSSR count). The zero-order chi connectivity index (χ0) is 11.7. The number of nitrogen functional groups attached to an aromatic ring is 1. The highest BCUT2D eigenvalue weighted by Crippen LogP contribution is 2.28. The summed E-state index contributed by atoms with van der Waals surface area (Å²) < 4.78 is 7.16. The molecular formula is C12H14N4O. The average Bonchev–Trinajstić information content (AvgIpc) is 2.99. The van der Waals surface area contributed by atoms with Gasteiger partial charge in [0.25, 0.3) is 0 Å². The molecule has 0 amide bonds. The van der Waals surface area contributed by atoms with Crippen LogP contribution in [-0.2, 0) is 4.74 Å². The van der Waals surface area contributed by atoms with E-state index in [-0.39, 0.29) is 0 Å². The van der Waals surface area contributed by atoms with Gasteiger partial charge in [0.15, 0.2) is 0 Å². The van der Waals surface area contributed by atoms with Gasteiger partial charge in [0, 0.05) is 24.9 Å². The van der Waals surface area contributed by atoms with E-state index in [4.69, 9.17) is 10.5 Å². The van der Waals surface area contributed by atoms with E-state index in [9.17, 15) is 0 Å². The van der Waals surface area contributed by atoms with Gasteiger partial charge < -0.3 is 10.5 Å². The van der Waals surface area contributed by atoms with E-state index in [0.717, 1.165) is 36.7 Å². The van der Waals surface area contributed by atoms with Crippen LogP contribution in [0.2, 0.25) is 0 Å². The molecule has 1 fully saturated rings. The summed E-state index contributed by atoms with van der Waals surface area (Å²) >= 11 is 0. The second-order valence-electron chi connectivity index (χ2n) is 4.18. The summed E-state index contributed by atoms with van der Waals surface area (Å²) in [5.74, 6) is 0.332. The molecule has 0 bridgehead atoms. The first-order valence-corrected chi connectivity index (χ1v) is 5.68. The summed E-state index contributed by atoms with van der Waals surface area (Å²) in [5.41, 5.74) is 8.65. The van der Waals surface area contributed by atoms with Crippen molar-refractivity contribution in [2.24, 2.45) is 0 Å². The molecule has 88 valence electrons. The van der Waals surface area contributed by atoms with Gasteiger partial charge >= 0.3 is 0 Å². The van der Waals surface area contributed by atoms with Crippen molar-refractivity contribution in [1.29, 1.82) is 0 Å². The van der Waals surface area contributed by atoms with Crippen LogP contribution in [0.5, 0.6) is 0 Å². The van der Waals surface area contributed by atoms with Gasteiger partial charge in [0.2, 0.25) is 0 Å². The highest BCUT2D eigenvalue weighted by molar-refractivity contribution is 5.46. The van der Waals surface area contributed by atoms with Gasteiger partial charge in [-0.25, -0.2) is 4.68 Å². The first-order chi connectivity index (χ1) is 8.34. The van der Waals surface area contributed by atoms with Crippen LogP contribution in [0.4, 0.5) is 5.69 Å². The molecule has 3 heterocycles. The maximum absolute atomic E-state index is 6.00. The lowest BCUT2D eigenvalue weighted by Gasteiger charge is -2.04. The van der Waals surface area contributed by atoms with Gasteiger partial charge in [-0.2, -0.15) is 5.10 Å². The fourth-order valence-corrected chi connectivity index (χ4v) is 2.10. The summed E-state index contributed by atoms with van der Waals surface area (Å²) in [5, 5.41) is 4.55. The van der Waals surface area contributed by atoms with Gasteiger partial charge in [0.1, 0.15) is 0 Å². The smallest absolute Gasteiger partial charge is 0.0912 e. The van der Waals surface area contributed by atoms with Crippen molar-refractivity contribution in [3.05, 3.63) is 36.4 Å². The zero-order valence-corrected chi connectivity index (χ0v) is 9.41. The fourth-order valence-electron chi connectivity index (χ4n) is 2.10. The normalized spacial score (nSPS) is 19.6. The first kappa shape index (κ1) is 10.3. The Morgan fingerprint density at radius 3 is 2.88 bits per heavy atom. The number of nitrogens with zero attached hydrogens (tertiary/aromatic N) is 3. The van der Waals surface area contributed by atoms with E-state index in [1.807, 2.05) is 18.3 Å². The van der Waals surface area contributed by atoms with Crippen molar-refractivity contribution in [3.8, 4) is 5.69 Å². The molecule has 1 aliphatic heterocycles. The van der Waals surface area contributed by atoms with Crippen LogP contribution in [-0.4, -0.2) is 28.0 Å². The molecule has 2 aromatic rings. The Morgan fingerprint density at radius 1 is 1.35 bits per heavy atom. The molecule has 0 aromatic carbocycles. The predicted octanol–water partition coefficient (Wildman–Crippen LogP) is 1.35. The minimum atomic E-state index is 0.332. The Hall–Kier alpha value is -1.88. The number of rotatable bonds is 2. The van der Waals surface area contributed by atoms with Crippen molar-refractivity contribution >= 4 is 5.69 Å². The quantitative estimate of drug-likeness (QED) is 0.845. The lowest BCUT2D eigenvalue weighted by molar-refractivity contribution is 0.193. The SMILES string of the molecule is Nc1cn(-c2ccncc2)nc1C1CCOC1. The van der Waals surface area contributed by atoms with E-state index in [1.54, 1.807) is 17.1 Å². The molecule has 2 N–H and O–H groups in total. The van der Waals surface area contributed by atoms with Crippen LogP contribution in [0.1, 0.15) is 18.0 Å². The van der Waals surface area contributed by atoms with Crippen LogP contribution in [0, 0.1) is 0 Å². The summed E-state index contributed by atoms with van der Waals surface area (Å²) in [4.78, 5) is 3.99. The summed E-state index contributed by atoms with van der Waals surface area (Å²) in [7, 11) is 0. The van der Waals surface area contributed by atoms with Gasteiger partial charge in [0.05, 0.1) is 29.9 Å². The molecule has 1 aliphatic rings. The number of hydrogen-bond donors (Lipinski definition) is 1. The minimum Gasteiger partial charge on any atom is -0.396 e. The molecule has 2 aromatic heterocycles. The Kier molecular flexibility index (Phi) is 2.53. The number of hydrogen-bond acceptors (Lipinski definition) is 4. The molecule has 1 saturated heterocycles. The largest absolute Gasteiger partial charge is 0.396 e. The maximum Gasteiger partial charge on any atom is 0.0912 e. The topological polar surface area (TPSA) is 66.0 Å². The van der Waals surface area contributed by atoms with E-state index in [2.05, 4.69) is 10.1 Å². The predicted molar refractivity (Wildman–Crippen MR) is 63.9 cm³/mol. The molecule has 5 nitrogen and oxygen atoms in total. The van der Waals surface area contributed by atoms with E-state index in [1.165, 1.54) is 0 Å². The molecular weight excluding hydrogens is 216 g/mol. The third-order valence-electron chi connectivity index (χ3n) is 3.02. The van der Waals surface area contributed by atoms with E-state index < -0.39 is 0 Å². The number of ether oxygens (including phenoxy) is 1. The third-order valence-corrected chi connectivity index (χ3v) is 3.02. The van der Waals surface area contributed by atoms with Crippen molar-refractivity contribution in [2.45, 2.75) is 12.3 Å². The second kappa shape index (κ2) is 4.18. The monoisotopic (exact) mass is 230 g/mol. The Bertz CT molecular complexity index is 502. The lowest BCUT2D eigenvalue weighted by Crippen LogP contribution is -2.03. The Morgan fingerprint density at radius 2 is 2.18 bits per heavy atom. The summed E-state index contributed by atoms with van der Waals surface area (Å²) in [6, 6.07) is 3.81. The summed E-state index contributed by atoms with van der Waals surface area (Å²) in [6.45, 7) is 1.52. The van der Waals surface area contributed by atoms with Gasteiger partial charge in [-0.05, 0) is 18.6 Å².